The number of carbonyl (C=O) groups is 1. The fourth-order valence-corrected chi connectivity index (χ4v) is 1.93. The zero-order valence-corrected chi connectivity index (χ0v) is 11.3. The number of halogens is 2. The smallest absolute Gasteiger partial charge is 0.260 e. The molecule has 1 aromatic carbocycles. The highest BCUT2D eigenvalue weighted by Gasteiger charge is 2.14. The van der Waals surface area contributed by atoms with Crippen molar-refractivity contribution in [3.63, 3.8) is 0 Å². The Balaban J connectivity index is 2.24. The van der Waals surface area contributed by atoms with Gasteiger partial charge in [0.2, 0.25) is 5.22 Å². The van der Waals surface area contributed by atoms with Gasteiger partial charge in [0.05, 0.1) is 17.5 Å². The van der Waals surface area contributed by atoms with Crippen molar-refractivity contribution < 1.29 is 9.21 Å². The summed E-state index contributed by atoms with van der Waals surface area (Å²) in [5.74, 6) is -0.296. The van der Waals surface area contributed by atoms with Gasteiger partial charge in [0.25, 0.3) is 5.91 Å². The lowest BCUT2D eigenvalue weighted by atomic mass is 10.2. The second kappa shape index (κ2) is 4.94. The minimum absolute atomic E-state index is 0.0891. The van der Waals surface area contributed by atoms with Crippen LogP contribution < -0.4 is 5.32 Å². The summed E-state index contributed by atoms with van der Waals surface area (Å²) < 4.78 is 5.69. The predicted molar refractivity (Wildman–Crippen MR) is 70.6 cm³/mol. The minimum atomic E-state index is -0.296. The summed E-state index contributed by atoms with van der Waals surface area (Å²) in [6.07, 6.45) is 1.38. The average molecular weight is 315 g/mol. The Morgan fingerprint density at radius 2 is 2.18 bits per heavy atom. The summed E-state index contributed by atoms with van der Waals surface area (Å²) in [6.45, 7) is 1.95. The SMILES string of the molecule is Cc1ccc(Br)c(NC(=O)c2ccoc2Cl)c1. The van der Waals surface area contributed by atoms with Crippen LogP contribution in [0.2, 0.25) is 5.22 Å². The lowest BCUT2D eigenvalue weighted by Crippen LogP contribution is -2.11. The molecule has 1 amide bonds. The van der Waals surface area contributed by atoms with E-state index in [1.807, 2.05) is 25.1 Å². The molecule has 0 bridgehead atoms. The van der Waals surface area contributed by atoms with Crippen LogP contribution in [0.25, 0.3) is 0 Å². The molecule has 0 atom stereocenters. The molecule has 0 saturated carbocycles. The van der Waals surface area contributed by atoms with Crippen molar-refractivity contribution in [1.82, 2.24) is 0 Å². The van der Waals surface area contributed by atoms with Crippen LogP contribution in [0.1, 0.15) is 15.9 Å². The quantitative estimate of drug-likeness (QED) is 0.900. The summed E-state index contributed by atoms with van der Waals surface area (Å²) in [5.41, 5.74) is 2.08. The van der Waals surface area contributed by atoms with Gasteiger partial charge in [0.15, 0.2) is 0 Å². The van der Waals surface area contributed by atoms with Crippen LogP contribution in [0, 0.1) is 6.92 Å². The van der Waals surface area contributed by atoms with Gasteiger partial charge in [-0.3, -0.25) is 4.79 Å². The van der Waals surface area contributed by atoms with Crippen LogP contribution in [0.3, 0.4) is 0 Å². The van der Waals surface area contributed by atoms with Crippen molar-refractivity contribution >= 4 is 39.1 Å². The normalized spacial score (nSPS) is 10.3. The molecule has 17 heavy (non-hydrogen) atoms. The van der Waals surface area contributed by atoms with Gasteiger partial charge in [0, 0.05) is 4.47 Å². The molecule has 1 heterocycles. The zero-order valence-electron chi connectivity index (χ0n) is 8.96. The number of benzene rings is 1. The largest absolute Gasteiger partial charge is 0.452 e. The van der Waals surface area contributed by atoms with E-state index < -0.39 is 0 Å². The molecule has 0 aliphatic carbocycles. The number of rotatable bonds is 2. The van der Waals surface area contributed by atoms with Crippen LogP contribution in [-0.4, -0.2) is 5.91 Å². The first-order valence-electron chi connectivity index (χ1n) is 4.88. The average Bonchev–Trinajstić information content (AvgIpc) is 2.70. The number of furan rings is 1. The molecule has 5 heteroatoms. The van der Waals surface area contributed by atoms with E-state index in [0.29, 0.717) is 11.3 Å². The number of anilines is 1. The number of nitrogens with one attached hydrogen (secondary N) is 1. The van der Waals surface area contributed by atoms with Crippen molar-refractivity contribution in [2.24, 2.45) is 0 Å². The Labute approximate surface area is 112 Å². The zero-order chi connectivity index (χ0) is 12.4. The molecular weight excluding hydrogens is 305 g/mol. The second-order valence-corrected chi connectivity index (χ2v) is 4.74. The lowest BCUT2D eigenvalue weighted by molar-refractivity contribution is 0.102. The summed E-state index contributed by atoms with van der Waals surface area (Å²) in [5, 5.41) is 2.85. The standard InChI is InChI=1S/C12H9BrClNO2/c1-7-2-3-9(13)10(6-7)15-12(16)8-4-5-17-11(8)14/h2-6H,1H3,(H,15,16). The molecule has 0 radical (unpaired) electrons. The summed E-state index contributed by atoms with van der Waals surface area (Å²) in [6, 6.07) is 7.23. The van der Waals surface area contributed by atoms with E-state index >= 15 is 0 Å². The van der Waals surface area contributed by atoms with Crippen molar-refractivity contribution in [1.29, 1.82) is 0 Å². The summed E-state index contributed by atoms with van der Waals surface area (Å²) in [7, 11) is 0. The molecule has 0 aliphatic heterocycles. The van der Waals surface area contributed by atoms with Crippen LogP contribution in [0.5, 0.6) is 0 Å². The third-order valence-electron chi connectivity index (χ3n) is 2.23. The molecule has 2 rings (SSSR count). The molecular formula is C12H9BrClNO2. The number of carbonyl (C=O) groups excluding carboxylic acids is 1. The van der Waals surface area contributed by atoms with E-state index in [2.05, 4.69) is 21.2 Å². The number of hydrogen-bond donors (Lipinski definition) is 1. The number of amides is 1. The summed E-state index contributed by atoms with van der Waals surface area (Å²) >= 11 is 9.10. The van der Waals surface area contributed by atoms with Crippen LogP contribution >= 0.6 is 27.5 Å². The molecule has 1 aromatic heterocycles. The van der Waals surface area contributed by atoms with Gasteiger partial charge < -0.3 is 9.73 Å². The molecule has 0 saturated heterocycles. The molecule has 88 valence electrons. The van der Waals surface area contributed by atoms with Gasteiger partial charge in [-0.25, -0.2) is 0 Å². The van der Waals surface area contributed by atoms with Gasteiger partial charge in [-0.2, -0.15) is 0 Å². The molecule has 1 N–H and O–H groups in total. The third-order valence-corrected chi connectivity index (χ3v) is 3.22. The van der Waals surface area contributed by atoms with Crippen molar-refractivity contribution in [3.8, 4) is 0 Å². The van der Waals surface area contributed by atoms with E-state index in [1.54, 1.807) is 0 Å². The number of aryl methyl sites for hydroxylation is 1. The Hall–Kier alpha value is -1.26. The first-order valence-corrected chi connectivity index (χ1v) is 6.05. The Morgan fingerprint density at radius 1 is 1.41 bits per heavy atom. The first-order chi connectivity index (χ1) is 8.08. The van der Waals surface area contributed by atoms with E-state index in [0.717, 1.165) is 10.0 Å². The highest BCUT2D eigenvalue weighted by Crippen LogP contribution is 2.25. The molecule has 0 spiro atoms. The first kappa shape index (κ1) is 12.2. The highest BCUT2D eigenvalue weighted by atomic mass is 79.9. The Morgan fingerprint density at radius 3 is 2.82 bits per heavy atom. The highest BCUT2D eigenvalue weighted by molar-refractivity contribution is 9.10. The summed E-state index contributed by atoms with van der Waals surface area (Å²) in [4.78, 5) is 11.9. The van der Waals surface area contributed by atoms with Gasteiger partial charge in [-0.15, -0.1) is 0 Å². The maximum Gasteiger partial charge on any atom is 0.260 e. The maximum absolute atomic E-state index is 11.9. The van der Waals surface area contributed by atoms with E-state index in [4.69, 9.17) is 16.0 Å². The van der Waals surface area contributed by atoms with E-state index in [9.17, 15) is 4.79 Å². The molecule has 3 nitrogen and oxygen atoms in total. The van der Waals surface area contributed by atoms with Gasteiger partial charge in [-0.1, -0.05) is 6.07 Å². The van der Waals surface area contributed by atoms with Gasteiger partial charge in [-0.05, 0) is 58.2 Å². The molecule has 0 aliphatic rings. The topological polar surface area (TPSA) is 42.2 Å². The van der Waals surface area contributed by atoms with Gasteiger partial charge >= 0.3 is 0 Å². The monoisotopic (exact) mass is 313 g/mol. The van der Waals surface area contributed by atoms with Crippen LogP contribution in [0.4, 0.5) is 5.69 Å². The third kappa shape index (κ3) is 2.70. The lowest BCUT2D eigenvalue weighted by Gasteiger charge is -2.07. The number of hydrogen-bond acceptors (Lipinski definition) is 2. The Bertz CT molecular complexity index is 565. The molecule has 0 fully saturated rings. The van der Waals surface area contributed by atoms with Gasteiger partial charge in [0.1, 0.15) is 0 Å². The fourth-order valence-electron chi connectivity index (χ4n) is 1.38. The van der Waals surface area contributed by atoms with Crippen molar-refractivity contribution in [3.05, 3.63) is 51.3 Å². The fraction of sp³-hybridized carbons (Fsp3) is 0.0833. The van der Waals surface area contributed by atoms with E-state index in [1.165, 1.54) is 12.3 Å². The van der Waals surface area contributed by atoms with Crippen LogP contribution in [-0.2, 0) is 0 Å². The minimum Gasteiger partial charge on any atom is -0.452 e. The molecule has 2 aromatic rings. The van der Waals surface area contributed by atoms with Crippen molar-refractivity contribution in [2.45, 2.75) is 6.92 Å². The second-order valence-electron chi connectivity index (χ2n) is 3.55. The van der Waals surface area contributed by atoms with Crippen molar-refractivity contribution in [2.75, 3.05) is 5.32 Å². The Kier molecular flexibility index (Phi) is 3.54. The molecule has 0 unspecified atom stereocenters. The maximum atomic E-state index is 11.9. The predicted octanol–water partition coefficient (Wildman–Crippen LogP) is 4.26. The van der Waals surface area contributed by atoms with E-state index in [-0.39, 0.29) is 11.1 Å². The van der Waals surface area contributed by atoms with Crippen LogP contribution in [0.15, 0.2) is 39.4 Å².